The molecule has 1 aliphatic rings. The number of hydrogen-bond donors (Lipinski definition) is 1. The van der Waals surface area contributed by atoms with Gasteiger partial charge in [0.1, 0.15) is 0 Å². The maximum Gasteiger partial charge on any atom is 0.0509 e. The van der Waals surface area contributed by atoms with Crippen molar-refractivity contribution in [1.29, 1.82) is 0 Å². The highest BCUT2D eigenvalue weighted by atomic mass is 32.2. The molecule has 3 nitrogen and oxygen atoms in total. The normalized spacial score (nSPS) is 25.7. The maximum absolute atomic E-state index is 5.93. The first-order chi connectivity index (χ1) is 7.70. The van der Waals surface area contributed by atoms with Gasteiger partial charge in [-0.2, -0.15) is 11.8 Å². The SMILES string of the molecule is CSCC(C)N(C)C(CN)C1CCCOC1. The van der Waals surface area contributed by atoms with Crippen molar-refractivity contribution in [3.05, 3.63) is 0 Å². The van der Waals surface area contributed by atoms with Gasteiger partial charge in [0, 0.05) is 31.0 Å². The van der Waals surface area contributed by atoms with Crippen molar-refractivity contribution >= 4 is 11.8 Å². The maximum atomic E-state index is 5.93. The Morgan fingerprint density at radius 3 is 2.81 bits per heavy atom. The van der Waals surface area contributed by atoms with Crippen LogP contribution in [0.15, 0.2) is 0 Å². The Hall–Kier alpha value is 0.230. The van der Waals surface area contributed by atoms with E-state index in [1.807, 2.05) is 11.8 Å². The smallest absolute Gasteiger partial charge is 0.0509 e. The van der Waals surface area contributed by atoms with E-state index in [1.54, 1.807) is 0 Å². The highest BCUT2D eigenvalue weighted by Crippen LogP contribution is 2.22. The summed E-state index contributed by atoms with van der Waals surface area (Å²) in [5.74, 6) is 1.79. The van der Waals surface area contributed by atoms with Crippen LogP contribution >= 0.6 is 11.8 Å². The minimum Gasteiger partial charge on any atom is -0.381 e. The van der Waals surface area contributed by atoms with Crippen LogP contribution in [0.3, 0.4) is 0 Å². The Bertz CT molecular complexity index is 186. The van der Waals surface area contributed by atoms with Gasteiger partial charge in [0.2, 0.25) is 0 Å². The predicted molar refractivity (Wildman–Crippen MR) is 72.0 cm³/mol. The summed E-state index contributed by atoms with van der Waals surface area (Å²) in [5, 5.41) is 0. The number of nitrogens with two attached hydrogens (primary N) is 1. The summed E-state index contributed by atoms with van der Waals surface area (Å²) >= 11 is 1.90. The average molecular weight is 246 g/mol. The fourth-order valence-corrected chi connectivity index (χ4v) is 3.16. The fraction of sp³-hybridized carbons (Fsp3) is 1.00. The van der Waals surface area contributed by atoms with E-state index in [1.165, 1.54) is 18.6 Å². The van der Waals surface area contributed by atoms with Crippen LogP contribution in [-0.2, 0) is 4.74 Å². The first kappa shape index (κ1) is 14.3. The van der Waals surface area contributed by atoms with Crippen LogP contribution in [0.4, 0.5) is 0 Å². The monoisotopic (exact) mass is 246 g/mol. The molecule has 3 atom stereocenters. The lowest BCUT2D eigenvalue weighted by Gasteiger charge is -2.38. The van der Waals surface area contributed by atoms with Gasteiger partial charge >= 0.3 is 0 Å². The number of rotatable bonds is 6. The molecule has 1 heterocycles. The van der Waals surface area contributed by atoms with Gasteiger partial charge in [0.15, 0.2) is 0 Å². The number of hydrogen-bond acceptors (Lipinski definition) is 4. The molecule has 0 saturated carbocycles. The molecule has 0 bridgehead atoms. The minimum absolute atomic E-state index is 0.474. The summed E-state index contributed by atoms with van der Waals surface area (Å²) in [7, 11) is 2.20. The molecule has 0 aromatic carbocycles. The Kier molecular flexibility index (Phi) is 6.73. The quantitative estimate of drug-likeness (QED) is 0.769. The third-order valence-electron chi connectivity index (χ3n) is 3.61. The molecule has 3 unspecified atom stereocenters. The van der Waals surface area contributed by atoms with Crippen molar-refractivity contribution in [3.8, 4) is 0 Å². The van der Waals surface area contributed by atoms with Crippen molar-refractivity contribution in [1.82, 2.24) is 4.90 Å². The van der Waals surface area contributed by atoms with Gasteiger partial charge in [-0.3, -0.25) is 4.90 Å². The van der Waals surface area contributed by atoms with Gasteiger partial charge in [-0.05, 0) is 39.0 Å². The Morgan fingerprint density at radius 2 is 2.31 bits per heavy atom. The lowest BCUT2D eigenvalue weighted by Crippen LogP contribution is -2.50. The third kappa shape index (κ3) is 3.91. The topological polar surface area (TPSA) is 38.5 Å². The van der Waals surface area contributed by atoms with Crippen molar-refractivity contribution in [2.75, 3.05) is 38.8 Å². The zero-order valence-electron chi connectivity index (χ0n) is 10.8. The summed E-state index contributed by atoms with van der Waals surface area (Å²) in [5.41, 5.74) is 5.93. The average Bonchev–Trinajstić information content (AvgIpc) is 2.31. The Morgan fingerprint density at radius 1 is 1.56 bits per heavy atom. The largest absolute Gasteiger partial charge is 0.381 e. The van der Waals surface area contributed by atoms with Crippen LogP contribution in [0.5, 0.6) is 0 Å². The molecule has 4 heteroatoms. The zero-order valence-corrected chi connectivity index (χ0v) is 11.6. The van der Waals surface area contributed by atoms with E-state index in [2.05, 4.69) is 25.1 Å². The highest BCUT2D eigenvalue weighted by Gasteiger charge is 2.28. The van der Waals surface area contributed by atoms with Gasteiger partial charge in [-0.1, -0.05) is 0 Å². The molecule has 0 aromatic heterocycles. The molecule has 0 radical (unpaired) electrons. The third-order valence-corrected chi connectivity index (χ3v) is 4.42. The molecule has 2 N–H and O–H groups in total. The Labute approximate surface area is 104 Å². The van der Waals surface area contributed by atoms with Crippen LogP contribution in [0, 0.1) is 5.92 Å². The molecule has 96 valence electrons. The second-order valence-electron chi connectivity index (χ2n) is 4.75. The summed E-state index contributed by atoms with van der Waals surface area (Å²) in [6.07, 6.45) is 4.61. The number of likely N-dealkylation sites (N-methyl/N-ethyl adjacent to an activating group) is 1. The highest BCUT2D eigenvalue weighted by molar-refractivity contribution is 7.98. The summed E-state index contributed by atoms with van der Waals surface area (Å²) in [6.45, 7) is 4.84. The predicted octanol–water partition coefficient (Wildman–Crippen LogP) is 1.42. The van der Waals surface area contributed by atoms with Crippen molar-refractivity contribution < 1.29 is 4.74 Å². The molecular weight excluding hydrogens is 220 g/mol. The van der Waals surface area contributed by atoms with Crippen molar-refractivity contribution in [3.63, 3.8) is 0 Å². The number of nitrogens with zero attached hydrogens (tertiary/aromatic N) is 1. The first-order valence-corrected chi connectivity index (χ1v) is 7.58. The van der Waals surface area contributed by atoms with E-state index in [4.69, 9.17) is 10.5 Å². The minimum atomic E-state index is 0.474. The van der Waals surface area contributed by atoms with Crippen molar-refractivity contribution in [2.45, 2.75) is 31.8 Å². The second-order valence-corrected chi connectivity index (χ2v) is 5.66. The summed E-state index contributed by atoms with van der Waals surface area (Å²) < 4.78 is 5.57. The molecule has 1 rings (SSSR count). The molecule has 1 aliphatic heterocycles. The number of thioether (sulfide) groups is 1. The standard InChI is InChI=1S/C12H26N2OS/c1-10(9-16-3)14(2)12(7-13)11-5-4-6-15-8-11/h10-12H,4-9,13H2,1-3H3. The van der Waals surface area contributed by atoms with E-state index in [0.717, 1.165) is 19.8 Å². The van der Waals surface area contributed by atoms with Gasteiger partial charge < -0.3 is 10.5 Å². The van der Waals surface area contributed by atoms with Crippen LogP contribution in [0.2, 0.25) is 0 Å². The summed E-state index contributed by atoms with van der Waals surface area (Å²) in [4.78, 5) is 2.44. The first-order valence-electron chi connectivity index (χ1n) is 6.19. The molecule has 1 fully saturated rings. The molecule has 0 aromatic rings. The van der Waals surface area contributed by atoms with Crippen molar-refractivity contribution in [2.24, 2.45) is 11.7 Å². The second kappa shape index (κ2) is 7.54. The molecule has 1 saturated heterocycles. The van der Waals surface area contributed by atoms with E-state index in [9.17, 15) is 0 Å². The molecule has 0 aliphatic carbocycles. The lowest BCUT2D eigenvalue weighted by atomic mass is 9.92. The van der Waals surface area contributed by atoms with Crippen LogP contribution in [0.25, 0.3) is 0 Å². The number of ether oxygens (including phenoxy) is 1. The van der Waals surface area contributed by atoms with E-state index in [-0.39, 0.29) is 0 Å². The Balaban J connectivity index is 2.50. The summed E-state index contributed by atoms with van der Waals surface area (Å²) in [6, 6.07) is 1.06. The molecule has 0 spiro atoms. The zero-order chi connectivity index (χ0) is 12.0. The molecule has 0 amide bonds. The molecule has 16 heavy (non-hydrogen) atoms. The van der Waals surface area contributed by atoms with Gasteiger partial charge in [0.05, 0.1) is 6.61 Å². The van der Waals surface area contributed by atoms with Crippen LogP contribution < -0.4 is 5.73 Å². The van der Waals surface area contributed by atoms with E-state index >= 15 is 0 Å². The molecular formula is C12H26N2OS. The van der Waals surface area contributed by atoms with Crippen LogP contribution in [-0.4, -0.2) is 55.8 Å². The van der Waals surface area contributed by atoms with Gasteiger partial charge in [0.25, 0.3) is 0 Å². The van der Waals surface area contributed by atoms with E-state index in [0.29, 0.717) is 18.0 Å². The van der Waals surface area contributed by atoms with Gasteiger partial charge in [-0.15, -0.1) is 0 Å². The van der Waals surface area contributed by atoms with Gasteiger partial charge in [-0.25, -0.2) is 0 Å². The van der Waals surface area contributed by atoms with Crippen LogP contribution in [0.1, 0.15) is 19.8 Å². The van der Waals surface area contributed by atoms with E-state index < -0.39 is 0 Å². The lowest BCUT2D eigenvalue weighted by molar-refractivity contribution is 0.0112. The fourth-order valence-electron chi connectivity index (χ4n) is 2.45.